The lowest BCUT2D eigenvalue weighted by molar-refractivity contribution is 0.220. The van der Waals surface area contributed by atoms with E-state index in [2.05, 4.69) is 20.5 Å². The fraction of sp³-hybridized carbons (Fsp3) is 0.833. The molecule has 1 N–H and O–H groups in total. The summed E-state index contributed by atoms with van der Waals surface area (Å²) in [6, 6.07) is 0.754. The number of hydrogen-bond acceptors (Lipinski definition) is 4. The lowest BCUT2D eigenvalue weighted by Gasteiger charge is -2.31. The van der Waals surface area contributed by atoms with Crippen molar-refractivity contribution in [1.82, 2.24) is 25.2 Å². The van der Waals surface area contributed by atoms with Gasteiger partial charge in [-0.2, -0.15) is 0 Å². The van der Waals surface area contributed by atoms with Gasteiger partial charge in [-0.3, -0.25) is 4.68 Å². The number of piperidine rings is 1. The van der Waals surface area contributed by atoms with E-state index in [1.54, 1.807) is 6.20 Å². The van der Waals surface area contributed by atoms with E-state index in [1.807, 2.05) is 10.9 Å². The van der Waals surface area contributed by atoms with Gasteiger partial charge in [0.1, 0.15) is 0 Å². The molecule has 17 heavy (non-hydrogen) atoms. The number of aromatic nitrogens is 3. The predicted molar refractivity (Wildman–Crippen MR) is 65.6 cm³/mol. The van der Waals surface area contributed by atoms with Gasteiger partial charge in [-0.15, -0.1) is 5.10 Å². The summed E-state index contributed by atoms with van der Waals surface area (Å²) in [6.07, 6.45) is 7.52. The first-order valence-corrected chi connectivity index (χ1v) is 6.71. The molecule has 3 rings (SSSR count). The van der Waals surface area contributed by atoms with Crippen molar-refractivity contribution in [2.45, 2.75) is 31.8 Å². The molecule has 1 aromatic rings. The highest BCUT2D eigenvalue weighted by Gasteiger charge is 2.33. The molecule has 3 unspecified atom stereocenters. The van der Waals surface area contributed by atoms with Gasteiger partial charge in [0.15, 0.2) is 0 Å². The Morgan fingerprint density at radius 2 is 2.24 bits per heavy atom. The Bertz CT molecular complexity index is 337. The van der Waals surface area contributed by atoms with Gasteiger partial charge < -0.3 is 10.2 Å². The fourth-order valence-corrected chi connectivity index (χ4v) is 3.10. The molecule has 1 aromatic heterocycles. The van der Waals surface area contributed by atoms with Crippen LogP contribution in [0.2, 0.25) is 0 Å². The molecule has 94 valence electrons. The highest BCUT2D eigenvalue weighted by molar-refractivity contribution is 4.90. The number of hydrogen-bond donors (Lipinski definition) is 1. The molecule has 5 heteroatoms. The van der Waals surface area contributed by atoms with Crippen LogP contribution in [0.5, 0.6) is 0 Å². The minimum atomic E-state index is 0.754. The van der Waals surface area contributed by atoms with Gasteiger partial charge in [-0.05, 0) is 44.8 Å². The highest BCUT2D eigenvalue weighted by atomic mass is 15.4. The third kappa shape index (κ3) is 2.66. The van der Waals surface area contributed by atoms with Gasteiger partial charge in [0.05, 0.1) is 6.20 Å². The van der Waals surface area contributed by atoms with Crippen LogP contribution < -0.4 is 5.32 Å². The van der Waals surface area contributed by atoms with Crippen molar-refractivity contribution in [3.8, 4) is 0 Å². The van der Waals surface area contributed by atoms with Crippen molar-refractivity contribution >= 4 is 0 Å². The number of fused-ring (bicyclic) bond motifs is 2. The molecule has 0 spiro atoms. The Morgan fingerprint density at radius 1 is 1.29 bits per heavy atom. The van der Waals surface area contributed by atoms with Crippen molar-refractivity contribution in [3.63, 3.8) is 0 Å². The maximum Gasteiger partial charge on any atom is 0.0692 e. The molecule has 0 amide bonds. The Labute approximate surface area is 102 Å². The largest absolute Gasteiger partial charge is 0.314 e. The molecule has 0 aromatic carbocycles. The normalized spacial score (nSPS) is 31.9. The molecule has 3 heterocycles. The van der Waals surface area contributed by atoms with E-state index in [1.165, 1.54) is 32.5 Å². The van der Waals surface area contributed by atoms with Crippen molar-refractivity contribution in [1.29, 1.82) is 0 Å². The maximum atomic E-state index is 3.97. The molecular weight excluding hydrogens is 214 g/mol. The average Bonchev–Trinajstić information content (AvgIpc) is 2.97. The Balaban J connectivity index is 1.37. The monoisotopic (exact) mass is 235 g/mol. The molecule has 0 saturated carbocycles. The van der Waals surface area contributed by atoms with Gasteiger partial charge in [-0.25, -0.2) is 0 Å². The predicted octanol–water partition coefficient (Wildman–Crippen LogP) is 0.352. The lowest BCUT2D eigenvalue weighted by Crippen LogP contribution is -2.44. The van der Waals surface area contributed by atoms with E-state index in [4.69, 9.17) is 0 Å². The molecule has 5 nitrogen and oxygen atoms in total. The second-order valence-electron chi connectivity index (χ2n) is 5.22. The van der Waals surface area contributed by atoms with Gasteiger partial charge in [0.25, 0.3) is 0 Å². The smallest absolute Gasteiger partial charge is 0.0692 e. The highest BCUT2D eigenvalue weighted by Crippen LogP contribution is 2.26. The summed E-state index contributed by atoms with van der Waals surface area (Å²) in [6.45, 7) is 6.00. The summed E-state index contributed by atoms with van der Waals surface area (Å²) in [5, 5.41) is 11.5. The summed E-state index contributed by atoms with van der Waals surface area (Å²) >= 11 is 0. The van der Waals surface area contributed by atoms with Crippen molar-refractivity contribution in [2.75, 3.05) is 26.2 Å². The van der Waals surface area contributed by atoms with Gasteiger partial charge in [0, 0.05) is 25.3 Å². The Kier molecular flexibility index (Phi) is 3.38. The SMILES string of the molecule is c1cn(CCCNC2CCN3CCC2C3)nn1. The van der Waals surface area contributed by atoms with Crippen LogP contribution in [0.1, 0.15) is 19.3 Å². The van der Waals surface area contributed by atoms with Crippen molar-refractivity contribution < 1.29 is 0 Å². The minimum absolute atomic E-state index is 0.754. The van der Waals surface area contributed by atoms with Gasteiger partial charge in [0.2, 0.25) is 0 Å². The number of rotatable bonds is 5. The van der Waals surface area contributed by atoms with E-state index in [0.717, 1.165) is 31.5 Å². The molecule has 2 bridgehead atoms. The second kappa shape index (κ2) is 5.14. The van der Waals surface area contributed by atoms with Crippen LogP contribution in [0.15, 0.2) is 12.4 Å². The lowest BCUT2D eigenvalue weighted by atomic mass is 9.94. The van der Waals surface area contributed by atoms with E-state index in [0.29, 0.717) is 0 Å². The van der Waals surface area contributed by atoms with Crippen LogP contribution >= 0.6 is 0 Å². The Hall–Kier alpha value is -0.940. The molecule has 2 aliphatic heterocycles. The standard InChI is InChI=1S/C12H21N5/c1(6-17-9-5-14-15-17)4-13-12-3-8-16-7-2-11(12)10-16/h5,9,11-13H,1-4,6-8,10H2. The number of nitrogens with one attached hydrogen (secondary N) is 1. The van der Waals surface area contributed by atoms with Crippen LogP contribution in [-0.4, -0.2) is 52.1 Å². The minimum Gasteiger partial charge on any atom is -0.314 e. The first kappa shape index (κ1) is 11.2. The van der Waals surface area contributed by atoms with Crippen molar-refractivity contribution in [3.05, 3.63) is 12.4 Å². The quantitative estimate of drug-likeness (QED) is 0.748. The van der Waals surface area contributed by atoms with Crippen molar-refractivity contribution in [2.24, 2.45) is 5.92 Å². The summed E-state index contributed by atoms with van der Waals surface area (Å²) in [4.78, 5) is 2.60. The number of aryl methyl sites for hydroxylation is 1. The molecular formula is C12H21N5. The summed E-state index contributed by atoms with van der Waals surface area (Å²) in [5.41, 5.74) is 0. The Morgan fingerprint density at radius 3 is 3.12 bits per heavy atom. The third-order valence-electron chi connectivity index (χ3n) is 4.08. The summed E-state index contributed by atoms with van der Waals surface area (Å²) in [5.74, 6) is 0.898. The number of nitrogens with zero attached hydrogens (tertiary/aromatic N) is 4. The third-order valence-corrected chi connectivity index (χ3v) is 4.08. The van der Waals surface area contributed by atoms with Gasteiger partial charge >= 0.3 is 0 Å². The second-order valence-corrected chi connectivity index (χ2v) is 5.22. The zero-order valence-electron chi connectivity index (χ0n) is 10.3. The molecule has 2 saturated heterocycles. The van der Waals surface area contributed by atoms with E-state index in [9.17, 15) is 0 Å². The summed E-state index contributed by atoms with van der Waals surface area (Å²) < 4.78 is 1.90. The summed E-state index contributed by atoms with van der Waals surface area (Å²) in [7, 11) is 0. The van der Waals surface area contributed by atoms with Crippen LogP contribution in [0.25, 0.3) is 0 Å². The first-order chi connectivity index (χ1) is 8.42. The maximum absolute atomic E-state index is 3.97. The van der Waals surface area contributed by atoms with E-state index >= 15 is 0 Å². The van der Waals surface area contributed by atoms with E-state index < -0.39 is 0 Å². The van der Waals surface area contributed by atoms with Crippen LogP contribution in [0.3, 0.4) is 0 Å². The molecule has 3 atom stereocenters. The van der Waals surface area contributed by atoms with E-state index in [-0.39, 0.29) is 0 Å². The van der Waals surface area contributed by atoms with Gasteiger partial charge in [-0.1, -0.05) is 5.21 Å². The average molecular weight is 235 g/mol. The molecule has 0 aliphatic carbocycles. The first-order valence-electron chi connectivity index (χ1n) is 6.71. The van der Waals surface area contributed by atoms with Crippen LogP contribution in [0.4, 0.5) is 0 Å². The van der Waals surface area contributed by atoms with Crippen LogP contribution in [-0.2, 0) is 6.54 Å². The zero-order chi connectivity index (χ0) is 11.5. The fourth-order valence-electron chi connectivity index (χ4n) is 3.10. The molecule has 2 fully saturated rings. The zero-order valence-corrected chi connectivity index (χ0v) is 10.3. The molecule has 0 radical (unpaired) electrons. The van der Waals surface area contributed by atoms with Crippen LogP contribution in [0, 0.1) is 5.92 Å². The molecule has 2 aliphatic rings. The topological polar surface area (TPSA) is 46.0 Å².